The Kier molecular flexibility index (Phi) is 6.34. The summed E-state index contributed by atoms with van der Waals surface area (Å²) in [5, 5.41) is 5.50. The van der Waals surface area contributed by atoms with Crippen molar-refractivity contribution in [3.63, 3.8) is 0 Å². The fourth-order valence-electron chi connectivity index (χ4n) is 4.07. The number of aromatic nitrogens is 2. The van der Waals surface area contributed by atoms with Crippen LogP contribution in [0.1, 0.15) is 21.5 Å². The Hall–Kier alpha value is -3.23. The molecule has 5 rings (SSSR count). The molecule has 0 spiro atoms. The summed E-state index contributed by atoms with van der Waals surface area (Å²) in [4.78, 5) is 25.5. The van der Waals surface area contributed by atoms with Gasteiger partial charge in [-0.1, -0.05) is 35.9 Å². The summed E-state index contributed by atoms with van der Waals surface area (Å²) in [6.07, 6.45) is 1.91. The first kappa shape index (κ1) is 22.6. The van der Waals surface area contributed by atoms with Crippen LogP contribution in [0.2, 0.25) is 5.02 Å². The van der Waals surface area contributed by atoms with Crippen molar-refractivity contribution >= 4 is 68.6 Å². The molecular formula is C27H20ClIN4O. The van der Waals surface area contributed by atoms with Crippen LogP contribution in [0, 0.1) is 3.57 Å². The minimum absolute atomic E-state index is 0.152. The maximum absolute atomic E-state index is 13.4. The minimum atomic E-state index is -0.152. The number of aromatic amines is 1. The lowest BCUT2D eigenvalue weighted by molar-refractivity contribution is 0.0952. The van der Waals surface area contributed by atoms with Gasteiger partial charge in [0, 0.05) is 43.2 Å². The maximum Gasteiger partial charge on any atom is 0.252 e. The number of carbonyl (C=O) groups is 1. The van der Waals surface area contributed by atoms with E-state index in [1.165, 1.54) is 0 Å². The van der Waals surface area contributed by atoms with Crippen LogP contribution in [-0.4, -0.2) is 22.6 Å². The molecule has 0 fully saturated rings. The van der Waals surface area contributed by atoms with Crippen LogP contribution in [0.3, 0.4) is 0 Å². The summed E-state index contributed by atoms with van der Waals surface area (Å²) >= 11 is 8.50. The third kappa shape index (κ3) is 4.56. The number of benzene rings is 3. The van der Waals surface area contributed by atoms with E-state index in [2.05, 4.69) is 44.6 Å². The highest BCUT2D eigenvalue weighted by Gasteiger charge is 2.16. The van der Waals surface area contributed by atoms with Crippen molar-refractivity contribution in [2.75, 3.05) is 0 Å². The number of amides is 1. The molecule has 0 aliphatic rings. The molecule has 0 unspecified atom stereocenters. The molecule has 0 aliphatic carbocycles. The van der Waals surface area contributed by atoms with E-state index in [-0.39, 0.29) is 5.91 Å². The molecule has 0 saturated carbocycles. The average molecular weight is 579 g/mol. The Labute approximate surface area is 215 Å². The topological polar surface area (TPSA) is 70.1 Å². The summed E-state index contributed by atoms with van der Waals surface area (Å²) in [6, 6.07) is 21.5. The molecule has 7 heteroatoms. The molecule has 3 aromatic carbocycles. The first-order chi connectivity index (χ1) is 16.5. The van der Waals surface area contributed by atoms with Crippen LogP contribution < -0.4 is 5.32 Å². The normalized spacial score (nSPS) is 11.1. The molecule has 168 valence electrons. The predicted molar refractivity (Wildman–Crippen MR) is 148 cm³/mol. The predicted octanol–water partition coefficient (Wildman–Crippen LogP) is 6.77. The molecule has 1 amide bonds. The van der Waals surface area contributed by atoms with Gasteiger partial charge in [-0.15, -0.1) is 0 Å². The lowest BCUT2D eigenvalue weighted by Crippen LogP contribution is -2.23. The quantitative estimate of drug-likeness (QED) is 0.172. The first-order valence-corrected chi connectivity index (χ1v) is 12.1. The molecule has 0 saturated heterocycles. The Morgan fingerprint density at radius 3 is 2.76 bits per heavy atom. The van der Waals surface area contributed by atoms with Crippen LogP contribution in [0.15, 0.2) is 77.9 Å². The smallest absolute Gasteiger partial charge is 0.252 e. The van der Waals surface area contributed by atoms with E-state index < -0.39 is 0 Å². The van der Waals surface area contributed by atoms with E-state index in [0.717, 1.165) is 42.1 Å². The third-order valence-electron chi connectivity index (χ3n) is 5.67. The molecule has 0 aliphatic heterocycles. The highest BCUT2D eigenvalue weighted by atomic mass is 127. The fraction of sp³-hybridized carbons (Fsp3) is 0.0741. The van der Waals surface area contributed by atoms with Gasteiger partial charge in [0.2, 0.25) is 0 Å². The van der Waals surface area contributed by atoms with E-state index in [1.54, 1.807) is 0 Å². The molecule has 0 radical (unpaired) electrons. The van der Waals surface area contributed by atoms with Gasteiger partial charge in [-0.2, -0.15) is 0 Å². The van der Waals surface area contributed by atoms with Crippen LogP contribution >= 0.6 is 34.2 Å². The van der Waals surface area contributed by atoms with Gasteiger partial charge in [-0.05, 0) is 82.9 Å². The second kappa shape index (κ2) is 9.56. The highest BCUT2D eigenvalue weighted by Crippen LogP contribution is 2.32. The molecule has 2 N–H and O–H groups in total. The number of halogens is 2. The van der Waals surface area contributed by atoms with E-state index in [9.17, 15) is 4.79 Å². The molecular weight excluding hydrogens is 559 g/mol. The van der Waals surface area contributed by atoms with Crippen molar-refractivity contribution in [2.45, 2.75) is 13.1 Å². The van der Waals surface area contributed by atoms with Gasteiger partial charge in [-0.25, -0.2) is 4.98 Å². The van der Waals surface area contributed by atoms with E-state index >= 15 is 0 Å². The van der Waals surface area contributed by atoms with Gasteiger partial charge >= 0.3 is 0 Å². The van der Waals surface area contributed by atoms with Crippen LogP contribution in [0.25, 0.3) is 33.1 Å². The Bertz CT molecular complexity index is 1560. The molecule has 5 nitrogen and oxygen atoms in total. The number of carbonyl (C=O) groups excluding carboxylic acids is 1. The van der Waals surface area contributed by atoms with Crippen molar-refractivity contribution in [2.24, 2.45) is 4.99 Å². The van der Waals surface area contributed by atoms with Gasteiger partial charge in [0.1, 0.15) is 0 Å². The van der Waals surface area contributed by atoms with Gasteiger partial charge in [0.05, 0.1) is 23.3 Å². The van der Waals surface area contributed by atoms with Crippen molar-refractivity contribution in [3.8, 4) is 11.3 Å². The number of rotatable bonds is 6. The summed E-state index contributed by atoms with van der Waals surface area (Å²) in [5.41, 5.74) is 5.99. The summed E-state index contributed by atoms with van der Waals surface area (Å²) in [5.74, 6) is -0.152. The van der Waals surface area contributed by atoms with Gasteiger partial charge in [0.25, 0.3) is 5.91 Å². The lowest BCUT2D eigenvalue weighted by Gasteiger charge is -2.11. The average Bonchev–Trinajstić information content (AvgIpc) is 3.25. The summed E-state index contributed by atoms with van der Waals surface area (Å²) in [6.45, 7) is 4.51. The standard InChI is InChI=1S/C27H20ClIN4O/c1-30-13-16-3-2-4-17(9-16)14-32-27(34)22-12-26(33-25-8-6-19(29)11-21(22)25)23-15-31-24-7-5-18(28)10-20(23)24/h2-12,15,31H,1,13-14H2,(H,32,34). The zero-order chi connectivity index (χ0) is 23.7. The summed E-state index contributed by atoms with van der Waals surface area (Å²) < 4.78 is 1.04. The van der Waals surface area contributed by atoms with Gasteiger partial charge < -0.3 is 10.3 Å². The lowest BCUT2D eigenvalue weighted by atomic mass is 10.0. The minimum Gasteiger partial charge on any atom is -0.360 e. The van der Waals surface area contributed by atoms with Crippen LogP contribution in [0.4, 0.5) is 0 Å². The number of aliphatic imine (C=N–C) groups is 1. The Balaban J connectivity index is 1.54. The number of fused-ring (bicyclic) bond motifs is 2. The Morgan fingerprint density at radius 2 is 1.91 bits per heavy atom. The van der Waals surface area contributed by atoms with Crippen molar-refractivity contribution < 1.29 is 4.79 Å². The van der Waals surface area contributed by atoms with Crippen molar-refractivity contribution in [3.05, 3.63) is 98.2 Å². The number of nitrogens with one attached hydrogen (secondary N) is 2. The second-order valence-corrected chi connectivity index (χ2v) is 9.68. The van der Waals surface area contributed by atoms with Gasteiger partial charge in [0.15, 0.2) is 0 Å². The molecule has 5 aromatic rings. The van der Waals surface area contributed by atoms with E-state index in [1.807, 2.05) is 72.9 Å². The largest absolute Gasteiger partial charge is 0.360 e. The van der Waals surface area contributed by atoms with E-state index in [0.29, 0.717) is 29.4 Å². The fourth-order valence-corrected chi connectivity index (χ4v) is 4.74. The van der Waals surface area contributed by atoms with E-state index in [4.69, 9.17) is 16.6 Å². The van der Waals surface area contributed by atoms with Crippen molar-refractivity contribution in [1.29, 1.82) is 0 Å². The maximum atomic E-state index is 13.4. The number of H-pyrrole nitrogens is 1. The molecule has 34 heavy (non-hydrogen) atoms. The molecule has 0 bridgehead atoms. The van der Waals surface area contributed by atoms with Crippen molar-refractivity contribution in [1.82, 2.24) is 15.3 Å². The first-order valence-electron chi connectivity index (χ1n) is 10.7. The third-order valence-corrected chi connectivity index (χ3v) is 6.58. The SMILES string of the molecule is C=NCc1cccc(CNC(=O)c2cc(-c3c[nH]c4ccc(Cl)cc34)nc3ccc(I)cc23)c1. The molecule has 2 aromatic heterocycles. The summed E-state index contributed by atoms with van der Waals surface area (Å²) in [7, 11) is 0. The number of hydrogen-bond acceptors (Lipinski definition) is 3. The highest BCUT2D eigenvalue weighted by molar-refractivity contribution is 14.1. The monoisotopic (exact) mass is 578 g/mol. The second-order valence-electron chi connectivity index (χ2n) is 7.99. The number of hydrogen-bond donors (Lipinski definition) is 2. The zero-order valence-corrected chi connectivity index (χ0v) is 21.0. The number of nitrogens with zero attached hydrogens (tertiary/aromatic N) is 2. The zero-order valence-electron chi connectivity index (χ0n) is 18.1. The van der Waals surface area contributed by atoms with Crippen LogP contribution in [-0.2, 0) is 13.1 Å². The van der Waals surface area contributed by atoms with Gasteiger partial charge in [-0.3, -0.25) is 9.79 Å². The Morgan fingerprint density at radius 1 is 1.06 bits per heavy atom. The molecule has 0 atom stereocenters. The van der Waals surface area contributed by atoms with Crippen LogP contribution in [0.5, 0.6) is 0 Å². The molecule has 2 heterocycles. The number of pyridine rings is 1.